The standard InChI is InChI=1S/C22H19BrFN3O3.C21H16FN3O2.C2H6/c1-27-19-10-18(17(23)8-13(19)4-7-21(27)29)26-22(30)16-11-25-20(28)9-15(16)12-2-5-14(24)6-3-12;22-15-6-4-13(5-7-15)17-10-20(26)24-12-18(17)21(27)25-19-3-1-2-14-11-23-9-8-16(14)19;1-2/h2-3,5-6,8,10-11,15H,4,7,9H2,1H3,(H,25,28)(H,26,30);1-9,11-12,17H,10H2,(H,24,26)(H,25,27);1-2H3. The van der Waals surface area contributed by atoms with E-state index in [4.69, 9.17) is 0 Å². The fourth-order valence-electron chi connectivity index (χ4n) is 7.03. The van der Waals surface area contributed by atoms with E-state index in [1.165, 1.54) is 36.7 Å². The van der Waals surface area contributed by atoms with Gasteiger partial charge < -0.3 is 26.2 Å². The summed E-state index contributed by atoms with van der Waals surface area (Å²) in [5.74, 6) is -2.73. The fourth-order valence-corrected chi connectivity index (χ4v) is 7.52. The molecule has 8 rings (SSSR count). The van der Waals surface area contributed by atoms with E-state index >= 15 is 0 Å². The monoisotopic (exact) mass is 862 g/mol. The average molecular weight is 864 g/mol. The molecule has 59 heavy (non-hydrogen) atoms. The van der Waals surface area contributed by atoms with Gasteiger partial charge in [0.15, 0.2) is 0 Å². The van der Waals surface area contributed by atoms with Crippen LogP contribution in [0.5, 0.6) is 0 Å². The van der Waals surface area contributed by atoms with Crippen molar-refractivity contribution >= 4 is 73.3 Å². The highest BCUT2D eigenvalue weighted by atomic mass is 79.9. The molecule has 2 unspecified atom stereocenters. The molecular formula is C45H41BrF2N6O5. The summed E-state index contributed by atoms with van der Waals surface area (Å²) in [5, 5.41) is 12.8. The summed E-state index contributed by atoms with van der Waals surface area (Å²) in [7, 11) is 1.71. The van der Waals surface area contributed by atoms with E-state index in [-0.39, 0.29) is 54.0 Å². The molecule has 0 radical (unpaired) electrons. The van der Waals surface area contributed by atoms with Crippen LogP contribution in [0, 0.1) is 11.6 Å². The number of hydrogen-bond donors (Lipinski definition) is 4. The number of carbonyl (C=O) groups excluding carboxylic acids is 5. The van der Waals surface area contributed by atoms with Gasteiger partial charge in [0.25, 0.3) is 11.8 Å². The van der Waals surface area contributed by atoms with Crippen molar-refractivity contribution < 1.29 is 32.8 Å². The summed E-state index contributed by atoms with van der Waals surface area (Å²) in [4.78, 5) is 67.5. The van der Waals surface area contributed by atoms with Gasteiger partial charge in [0.2, 0.25) is 17.7 Å². The van der Waals surface area contributed by atoms with Crippen molar-refractivity contribution in [3.8, 4) is 0 Å². The number of aryl methyl sites for hydroxylation is 1. The molecule has 3 aliphatic rings. The summed E-state index contributed by atoms with van der Waals surface area (Å²) in [6, 6.07) is 22.7. The summed E-state index contributed by atoms with van der Waals surface area (Å²) in [5.41, 5.74) is 5.16. The number of amides is 5. The Kier molecular flexibility index (Phi) is 13.4. The SMILES string of the molecule is CC.CN1C(=O)CCc2cc(Br)c(NC(=O)C3=CNC(=O)CC3c3ccc(F)cc3)cc21.O=C1CC(c2ccc(F)cc2)C(C(=O)Nc2cccc3cnccc23)=CN1. The zero-order valence-corrected chi connectivity index (χ0v) is 34.0. The van der Waals surface area contributed by atoms with E-state index in [2.05, 4.69) is 42.2 Å². The quantitative estimate of drug-likeness (QED) is 0.135. The first-order valence-electron chi connectivity index (χ1n) is 19.0. The smallest absolute Gasteiger partial charge is 0.253 e. The van der Waals surface area contributed by atoms with Crippen LogP contribution in [0.4, 0.5) is 25.8 Å². The van der Waals surface area contributed by atoms with Crippen LogP contribution >= 0.6 is 15.9 Å². The molecule has 1 aromatic heterocycles. The second kappa shape index (κ2) is 18.8. The number of aromatic nitrogens is 1. The summed E-state index contributed by atoms with van der Waals surface area (Å²) in [6.45, 7) is 4.00. The van der Waals surface area contributed by atoms with Crippen LogP contribution in [-0.4, -0.2) is 41.6 Å². The van der Waals surface area contributed by atoms with Gasteiger partial charge in [-0.3, -0.25) is 29.0 Å². The largest absolute Gasteiger partial charge is 0.332 e. The summed E-state index contributed by atoms with van der Waals surface area (Å²) in [6.07, 6.45) is 7.55. The van der Waals surface area contributed by atoms with E-state index in [1.54, 1.807) is 54.7 Å². The summed E-state index contributed by atoms with van der Waals surface area (Å²) < 4.78 is 27.3. The Morgan fingerprint density at radius 3 is 1.85 bits per heavy atom. The van der Waals surface area contributed by atoms with E-state index in [1.807, 2.05) is 44.2 Å². The predicted octanol–water partition coefficient (Wildman–Crippen LogP) is 8.15. The average Bonchev–Trinajstić information content (AvgIpc) is 3.24. The van der Waals surface area contributed by atoms with Crippen molar-refractivity contribution in [2.75, 3.05) is 22.6 Å². The molecule has 0 bridgehead atoms. The zero-order chi connectivity index (χ0) is 42.2. The second-order valence-corrected chi connectivity index (χ2v) is 14.5. The molecule has 14 heteroatoms. The number of halogens is 3. The minimum absolute atomic E-state index is 0.0242. The Hall–Kier alpha value is -6.54. The first-order valence-corrected chi connectivity index (χ1v) is 19.8. The molecule has 4 aromatic carbocycles. The number of pyridine rings is 1. The first kappa shape index (κ1) is 42.1. The zero-order valence-electron chi connectivity index (χ0n) is 32.4. The van der Waals surface area contributed by atoms with Gasteiger partial charge in [-0.15, -0.1) is 0 Å². The molecule has 0 fully saturated rings. The number of carbonyl (C=O) groups is 5. The molecular weight excluding hydrogens is 822 g/mol. The first-order chi connectivity index (χ1) is 28.4. The summed E-state index contributed by atoms with van der Waals surface area (Å²) >= 11 is 3.49. The highest BCUT2D eigenvalue weighted by Gasteiger charge is 2.31. The van der Waals surface area contributed by atoms with Gasteiger partial charge >= 0.3 is 0 Å². The van der Waals surface area contributed by atoms with Crippen molar-refractivity contribution in [3.05, 3.63) is 154 Å². The van der Waals surface area contributed by atoms with Crippen LogP contribution in [0.25, 0.3) is 10.8 Å². The highest BCUT2D eigenvalue weighted by molar-refractivity contribution is 9.10. The molecule has 2 atom stereocenters. The number of rotatable bonds is 6. The number of benzene rings is 4. The van der Waals surface area contributed by atoms with Gasteiger partial charge in [0.1, 0.15) is 11.6 Å². The number of nitrogens with one attached hydrogen (secondary N) is 4. The predicted molar refractivity (Wildman–Crippen MR) is 226 cm³/mol. The van der Waals surface area contributed by atoms with Crippen LogP contribution < -0.4 is 26.2 Å². The van der Waals surface area contributed by atoms with Crippen molar-refractivity contribution in [3.63, 3.8) is 0 Å². The topological polar surface area (TPSA) is 150 Å². The molecule has 4 heterocycles. The lowest BCUT2D eigenvalue weighted by atomic mass is 9.86. The number of fused-ring (bicyclic) bond motifs is 2. The molecule has 5 amide bonds. The van der Waals surface area contributed by atoms with Gasteiger partial charge in [-0.2, -0.15) is 0 Å². The molecule has 4 N–H and O–H groups in total. The number of hydrogen-bond acceptors (Lipinski definition) is 6. The van der Waals surface area contributed by atoms with E-state index < -0.39 is 11.8 Å². The lowest BCUT2D eigenvalue weighted by Crippen LogP contribution is -2.32. The third kappa shape index (κ3) is 9.78. The maximum Gasteiger partial charge on any atom is 0.253 e. The highest BCUT2D eigenvalue weighted by Crippen LogP contribution is 2.37. The van der Waals surface area contributed by atoms with Crippen molar-refractivity contribution in [1.29, 1.82) is 0 Å². The lowest BCUT2D eigenvalue weighted by Gasteiger charge is -2.27. The van der Waals surface area contributed by atoms with E-state index in [0.29, 0.717) is 45.4 Å². The second-order valence-electron chi connectivity index (χ2n) is 13.7. The minimum atomic E-state index is -0.486. The Bertz CT molecular complexity index is 2480. The van der Waals surface area contributed by atoms with Crippen LogP contribution in [-0.2, 0) is 30.4 Å². The fraction of sp³-hybridized carbons (Fsp3) is 0.200. The maximum absolute atomic E-state index is 13.3. The van der Waals surface area contributed by atoms with Crippen molar-refractivity contribution in [2.45, 2.75) is 51.4 Å². The molecule has 11 nitrogen and oxygen atoms in total. The van der Waals surface area contributed by atoms with E-state index in [0.717, 1.165) is 27.6 Å². The van der Waals surface area contributed by atoms with Crippen molar-refractivity contribution in [2.24, 2.45) is 0 Å². The number of nitrogens with zero attached hydrogens (tertiary/aromatic N) is 2. The Labute approximate surface area is 348 Å². The number of anilines is 3. The van der Waals surface area contributed by atoms with Gasteiger partial charge in [-0.1, -0.05) is 50.2 Å². The van der Waals surface area contributed by atoms with Gasteiger partial charge in [0, 0.05) is 101 Å². The molecule has 302 valence electrons. The minimum Gasteiger partial charge on any atom is -0.332 e. The lowest BCUT2D eigenvalue weighted by molar-refractivity contribution is -0.122. The Morgan fingerprint density at radius 1 is 0.746 bits per heavy atom. The van der Waals surface area contributed by atoms with Crippen LogP contribution in [0.2, 0.25) is 0 Å². The van der Waals surface area contributed by atoms with Crippen LogP contribution in [0.15, 0.2) is 125 Å². The molecule has 5 aromatic rings. The van der Waals surface area contributed by atoms with Crippen molar-refractivity contribution in [1.82, 2.24) is 15.6 Å². The van der Waals surface area contributed by atoms with Gasteiger partial charge in [-0.25, -0.2) is 8.78 Å². The Morgan fingerprint density at radius 2 is 1.29 bits per heavy atom. The van der Waals surface area contributed by atoms with Gasteiger partial charge in [0.05, 0.1) is 5.69 Å². The molecule has 3 aliphatic heterocycles. The third-order valence-corrected chi connectivity index (χ3v) is 10.7. The molecule has 0 saturated carbocycles. The normalized spacial score (nSPS) is 17.1. The Balaban J connectivity index is 0.000000191. The molecule has 0 saturated heterocycles. The molecule has 0 spiro atoms. The van der Waals surface area contributed by atoms with Crippen LogP contribution in [0.1, 0.15) is 61.6 Å². The molecule has 0 aliphatic carbocycles. The van der Waals surface area contributed by atoms with Gasteiger partial charge in [-0.05, 0) is 87.6 Å². The van der Waals surface area contributed by atoms with Crippen LogP contribution in [0.3, 0.4) is 0 Å². The maximum atomic E-state index is 13.3. The van der Waals surface area contributed by atoms with E-state index in [9.17, 15) is 32.8 Å². The third-order valence-electron chi connectivity index (χ3n) is 10.1.